The van der Waals surface area contributed by atoms with Gasteiger partial charge in [0.15, 0.2) is 0 Å². The van der Waals surface area contributed by atoms with E-state index in [-0.39, 0.29) is 11.9 Å². The number of nitrogens with zero attached hydrogens (tertiary/aromatic N) is 3. The Morgan fingerprint density at radius 3 is 2.65 bits per heavy atom. The summed E-state index contributed by atoms with van der Waals surface area (Å²) in [4.78, 5) is 14.6. The first-order valence-electron chi connectivity index (χ1n) is 8.68. The molecule has 1 aliphatic rings. The summed E-state index contributed by atoms with van der Waals surface area (Å²) in [6, 6.07) is 0.493. The maximum atomic E-state index is 12.4. The quantitative estimate of drug-likeness (QED) is 0.831. The minimum absolute atomic E-state index is 0.00998. The molecule has 0 aromatic carbocycles. The summed E-state index contributed by atoms with van der Waals surface area (Å²) in [7, 11) is 2.05. The van der Waals surface area contributed by atoms with Crippen molar-refractivity contribution in [3.05, 3.63) is 17.0 Å². The third-order valence-electron chi connectivity index (χ3n) is 4.87. The maximum Gasteiger partial charge on any atom is 0.234 e. The van der Waals surface area contributed by atoms with Gasteiger partial charge in [-0.1, -0.05) is 0 Å². The number of carbonyl (C=O) groups excluding carboxylic acids is 1. The fourth-order valence-electron chi connectivity index (χ4n) is 3.61. The van der Waals surface area contributed by atoms with E-state index in [4.69, 9.17) is 0 Å². The van der Waals surface area contributed by atoms with Crippen LogP contribution in [0.3, 0.4) is 0 Å². The molecule has 1 aliphatic heterocycles. The lowest BCUT2D eigenvalue weighted by Crippen LogP contribution is -2.45. The van der Waals surface area contributed by atoms with Crippen LogP contribution >= 0.6 is 0 Å². The van der Waals surface area contributed by atoms with Crippen molar-refractivity contribution < 1.29 is 4.79 Å². The largest absolute Gasteiger partial charge is 0.348 e. The van der Waals surface area contributed by atoms with E-state index in [1.54, 1.807) is 0 Å². The molecule has 1 aromatic heterocycles. The molecule has 1 saturated heterocycles. The van der Waals surface area contributed by atoms with Gasteiger partial charge in [0.2, 0.25) is 5.91 Å². The first-order valence-corrected chi connectivity index (χ1v) is 8.68. The van der Waals surface area contributed by atoms with E-state index in [0.717, 1.165) is 49.4 Å². The third kappa shape index (κ3) is 4.32. The maximum absolute atomic E-state index is 12.4. The van der Waals surface area contributed by atoms with Gasteiger partial charge in [-0.25, -0.2) is 0 Å². The topological polar surface area (TPSA) is 62.2 Å². The van der Waals surface area contributed by atoms with Crippen molar-refractivity contribution in [1.29, 1.82) is 0 Å². The van der Waals surface area contributed by atoms with Crippen molar-refractivity contribution in [2.45, 2.75) is 59.2 Å². The fraction of sp³-hybridized carbons (Fsp3) is 0.765. The Morgan fingerprint density at radius 1 is 1.43 bits per heavy atom. The second-order valence-corrected chi connectivity index (χ2v) is 6.59. The van der Waals surface area contributed by atoms with Crippen LogP contribution in [-0.4, -0.2) is 53.3 Å². The molecule has 1 atom stereocenters. The number of piperidine rings is 1. The summed E-state index contributed by atoms with van der Waals surface area (Å²) in [5, 5.41) is 11.0. The van der Waals surface area contributed by atoms with E-state index < -0.39 is 0 Å². The molecule has 2 heterocycles. The zero-order valence-corrected chi connectivity index (χ0v) is 15.1. The summed E-state index contributed by atoms with van der Waals surface area (Å²) in [5.74, 6) is 0.0848. The molecule has 2 N–H and O–H groups in total. The van der Waals surface area contributed by atoms with Crippen LogP contribution < -0.4 is 10.6 Å². The summed E-state index contributed by atoms with van der Waals surface area (Å²) >= 11 is 0. The number of aryl methyl sites for hydroxylation is 2. The molecule has 1 aromatic rings. The summed E-state index contributed by atoms with van der Waals surface area (Å²) in [6.07, 6.45) is 2.22. The number of rotatable bonds is 6. The summed E-state index contributed by atoms with van der Waals surface area (Å²) in [5.41, 5.74) is 3.29. The molecule has 1 fully saturated rings. The lowest BCUT2D eigenvalue weighted by molar-refractivity contribution is -0.123. The Hall–Kier alpha value is -1.40. The molecule has 0 unspecified atom stereocenters. The number of carbonyl (C=O) groups is 1. The average molecular weight is 321 g/mol. The van der Waals surface area contributed by atoms with Gasteiger partial charge in [-0.05, 0) is 60.7 Å². The molecule has 6 nitrogen and oxygen atoms in total. The number of hydrogen-bond acceptors (Lipinski definition) is 4. The van der Waals surface area contributed by atoms with Gasteiger partial charge in [0.05, 0.1) is 18.3 Å². The molecular formula is C17H31N5O. The highest BCUT2D eigenvalue weighted by atomic mass is 16.2. The van der Waals surface area contributed by atoms with E-state index in [2.05, 4.69) is 34.5 Å². The van der Waals surface area contributed by atoms with Crippen LogP contribution in [0.4, 0.5) is 0 Å². The van der Waals surface area contributed by atoms with Crippen LogP contribution in [0, 0.1) is 13.8 Å². The Balaban J connectivity index is 1.93. The second-order valence-electron chi connectivity index (χ2n) is 6.59. The highest BCUT2D eigenvalue weighted by molar-refractivity contribution is 5.78. The standard InChI is InChI=1S/C17H31N5O/c1-6-22-14(4)17(13(3)20-22)12(2)19-16(23)11-21(5)15-7-9-18-10-8-15/h12,15,18H,6-11H2,1-5H3,(H,19,23)/t12-/m1/s1. The smallest absolute Gasteiger partial charge is 0.234 e. The van der Waals surface area contributed by atoms with Gasteiger partial charge in [-0.3, -0.25) is 14.4 Å². The predicted molar refractivity (Wildman–Crippen MR) is 92.5 cm³/mol. The zero-order chi connectivity index (χ0) is 17.0. The van der Waals surface area contributed by atoms with Gasteiger partial charge in [0.1, 0.15) is 0 Å². The first-order chi connectivity index (χ1) is 10.9. The molecule has 2 rings (SSSR count). The van der Waals surface area contributed by atoms with Gasteiger partial charge >= 0.3 is 0 Å². The highest BCUT2D eigenvalue weighted by Crippen LogP contribution is 2.21. The number of likely N-dealkylation sites (N-methyl/N-ethyl adjacent to an activating group) is 1. The fourth-order valence-corrected chi connectivity index (χ4v) is 3.61. The number of amides is 1. The average Bonchev–Trinajstić information content (AvgIpc) is 2.82. The monoisotopic (exact) mass is 321 g/mol. The van der Waals surface area contributed by atoms with Crippen molar-refractivity contribution in [2.24, 2.45) is 0 Å². The first kappa shape index (κ1) is 17.9. The predicted octanol–water partition coefficient (Wildman–Crippen LogP) is 1.38. The minimum atomic E-state index is -0.00998. The van der Waals surface area contributed by atoms with Crippen molar-refractivity contribution in [1.82, 2.24) is 25.3 Å². The van der Waals surface area contributed by atoms with Crippen molar-refractivity contribution >= 4 is 5.91 Å². The summed E-state index contributed by atoms with van der Waals surface area (Å²) < 4.78 is 1.99. The molecule has 130 valence electrons. The lowest BCUT2D eigenvalue weighted by atomic mass is 10.0. The Morgan fingerprint density at radius 2 is 2.09 bits per heavy atom. The molecule has 0 radical (unpaired) electrons. The molecule has 0 saturated carbocycles. The van der Waals surface area contributed by atoms with Crippen LogP contribution in [0.5, 0.6) is 0 Å². The lowest BCUT2D eigenvalue weighted by Gasteiger charge is -2.31. The second kappa shape index (κ2) is 7.93. The van der Waals surface area contributed by atoms with Crippen LogP contribution in [-0.2, 0) is 11.3 Å². The van der Waals surface area contributed by atoms with Crippen LogP contribution in [0.2, 0.25) is 0 Å². The highest BCUT2D eigenvalue weighted by Gasteiger charge is 2.22. The van der Waals surface area contributed by atoms with Gasteiger partial charge in [-0.15, -0.1) is 0 Å². The molecule has 0 spiro atoms. The Bertz CT molecular complexity index is 533. The number of aromatic nitrogens is 2. The van der Waals surface area contributed by atoms with Crippen molar-refractivity contribution in [3.63, 3.8) is 0 Å². The van der Waals surface area contributed by atoms with Crippen LogP contribution in [0.1, 0.15) is 49.7 Å². The van der Waals surface area contributed by atoms with E-state index >= 15 is 0 Å². The normalized spacial score (nSPS) is 17.5. The van der Waals surface area contributed by atoms with E-state index in [0.29, 0.717) is 12.6 Å². The molecule has 0 aliphatic carbocycles. The molecule has 1 amide bonds. The Labute approximate surface area is 139 Å². The van der Waals surface area contributed by atoms with Crippen molar-refractivity contribution in [2.75, 3.05) is 26.7 Å². The van der Waals surface area contributed by atoms with Crippen LogP contribution in [0.25, 0.3) is 0 Å². The van der Waals surface area contributed by atoms with E-state index in [1.807, 2.05) is 25.6 Å². The summed E-state index contributed by atoms with van der Waals surface area (Å²) in [6.45, 7) is 11.6. The minimum Gasteiger partial charge on any atom is -0.348 e. The SMILES string of the molecule is CCn1nc(C)c([C@@H](C)NC(=O)CN(C)C2CCNCC2)c1C. The van der Waals surface area contributed by atoms with E-state index in [9.17, 15) is 4.79 Å². The third-order valence-corrected chi connectivity index (χ3v) is 4.87. The van der Waals surface area contributed by atoms with Gasteiger partial charge in [0.25, 0.3) is 0 Å². The van der Waals surface area contributed by atoms with Gasteiger partial charge in [-0.2, -0.15) is 5.10 Å². The van der Waals surface area contributed by atoms with E-state index in [1.165, 1.54) is 0 Å². The zero-order valence-electron chi connectivity index (χ0n) is 15.1. The number of nitrogens with one attached hydrogen (secondary N) is 2. The molecule has 23 heavy (non-hydrogen) atoms. The molecule has 0 bridgehead atoms. The van der Waals surface area contributed by atoms with Crippen LogP contribution in [0.15, 0.2) is 0 Å². The number of hydrogen-bond donors (Lipinski definition) is 2. The van der Waals surface area contributed by atoms with Crippen molar-refractivity contribution in [3.8, 4) is 0 Å². The molecule has 6 heteroatoms. The van der Waals surface area contributed by atoms with Gasteiger partial charge < -0.3 is 10.6 Å². The van der Waals surface area contributed by atoms with Gasteiger partial charge in [0, 0.05) is 23.8 Å². The Kier molecular flexibility index (Phi) is 6.18. The molecular weight excluding hydrogens is 290 g/mol.